The predicted molar refractivity (Wildman–Crippen MR) is 101 cm³/mol. The van der Waals surface area contributed by atoms with E-state index in [-0.39, 0.29) is 5.69 Å². The Balaban J connectivity index is 1.46. The molecule has 3 unspecified atom stereocenters. The summed E-state index contributed by atoms with van der Waals surface area (Å²) in [7, 11) is 0. The summed E-state index contributed by atoms with van der Waals surface area (Å²) >= 11 is 0. The predicted octanol–water partition coefficient (Wildman–Crippen LogP) is 3.51. The number of nitrogens with zero attached hydrogens (tertiary/aromatic N) is 3. The van der Waals surface area contributed by atoms with Crippen molar-refractivity contribution in [1.82, 2.24) is 9.88 Å². The number of likely N-dealkylation sites (tertiary alicyclic amines) is 1. The van der Waals surface area contributed by atoms with Crippen molar-refractivity contribution in [3.63, 3.8) is 0 Å². The number of carbonyl (C=O) groups is 1. The van der Waals surface area contributed by atoms with Crippen molar-refractivity contribution in [3.05, 3.63) is 46.5 Å². The monoisotopic (exact) mass is 385 g/mol. The molecule has 2 aliphatic rings. The van der Waals surface area contributed by atoms with E-state index in [2.05, 4.69) is 9.88 Å². The number of fused-ring (bicyclic) bond motifs is 1. The second-order valence-electron chi connectivity index (χ2n) is 7.62. The van der Waals surface area contributed by atoms with Crippen LogP contribution in [0.15, 0.2) is 34.9 Å². The van der Waals surface area contributed by atoms with Crippen LogP contribution >= 0.6 is 0 Å². The number of non-ortho nitro benzene ring substituents is 1. The summed E-state index contributed by atoms with van der Waals surface area (Å²) in [5, 5.41) is 20.6. The molecular formula is C20H23N3O5. The van der Waals surface area contributed by atoms with Crippen LogP contribution in [0.4, 0.5) is 5.69 Å². The van der Waals surface area contributed by atoms with Gasteiger partial charge in [-0.1, -0.05) is 25.0 Å². The summed E-state index contributed by atoms with van der Waals surface area (Å²) < 4.78 is 5.79. The molecule has 2 heterocycles. The number of aliphatic carboxylic acids is 1. The minimum Gasteiger partial charge on any atom is -0.480 e. The Morgan fingerprint density at radius 1 is 1.36 bits per heavy atom. The fourth-order valence-electron chi connectivity index (χ4n) is 4.67. The normalized spacial score (nSPS) is 24.8. The number of nitro benzene ring substituents is 1. The number of carboxylic acid groups (broad SMARTS) is 1. The molecule has 3 atom stereocenters. The second kappa shape index (κ2) is 7.71. The summed E-state index contributed by atoms with van der Waals surface area (Å²) in [4.78, 5) is 28.6. The average molecular weight is 385 g/mol. The van der Waals surface area contributed by atoms with Crippen LogP contribution in [-0.4, -0.2) is 44.5 Å². The largest absolute Gasteiger partial charge is 0.480 e. The Bertz CT molecular complexity index is 880. The lowest BCUT2D eigenvalue weighted by atomic mass is 9.85. The number of oxazole rings is 1. The van der Waals surface area contributed by atoms with Crippen molar-refractivity contribution < 1.29 is 19.2 Å². The molecule has 8 nitrogen and oxygen atoms in total. The van der Waals surface area contributed by atoms with E-state index < -0.39 is 16.9 Å². The van der Waals surface area contributed by atoms with Crippen molar-refractivity contribution in [2.45, 2.75) is 50.6 Å². The third-order valence-corrected chi connectivity index (χ3v) is 5.99. The highest BCUT2D eigenvalue weighted by Gasteiger charge is 2.44. The first kappa shape index (κ1) is 18.6. The number of aromatic nitrogens is 1. The minimum absolute atomic E-state index is 0.000145. The van der Waals surface area contributed by atoms with E-state index in [0.717, 1.165) is 25.7 Å². The molecule has 2 aromatic rings. The van der Waals surface area contributed by atoms with Gasteiger partial charge in [-0.05, 0) is 25.2 Å². The number of carboxylic acids is 1. The maximum Gasteiger partial charge on any atom is 0.320 e. The fourth-order valence-corrected chi connectivity index (χ4v) is 4.67. The van der Waals surface area contributed by atoms with Crippen molar-refractivity contribution in [2.75, 3.05) is 6.54 Å². The first-order valence-electron chi connectivity index (χ1n) is 9.71. The molecule has 8 heteroatoms. The van der Waals surface area contributed by atoms with Gasteiger partial charge in [-0.25, -0.2) is 4.98 Å². The molecule has 1 aromatic heterocycles. The summed E-state index contributed by atoms with van der Waals surface area (Å²) in [5.74, 6) is 0.717. The molecule has 0 spiro atoms. The van der Waals surface area contributed by atoms with Gasteiger partial charge in [-0.3, -0.25) is 19.8 Å². The van der Waals surface area contributed by atoms with Gasteiger partial charge in [0.1, 0.15) is 6.04 Å². The SMILES string of the molecule is O=C(O)C1CC2CCCCC2N1CCc1ncc(-c2cccc([N+](=O)[O-])c2)o1. The van der Waals surface area contributed by atoms with Crippen LogP contribution in [0.1, 0.15) is 38.0 Å². The maximum atomic E-state index is 11.7. The highest BCUT2D eigenvalue weighted by molar-refractivity contribution is 5.74. The lowest BCUT2D eigenvalue weighted by Gasteiger charge is -2.32. The van der Waals surface area contributed by atoms with Crippen LogP contribution in [0.25, 0.3) is 11.3 Å². The van der Waals surface area contributed by atoms with E-state index in [4.69, 9.17) is 4.42 Å². The molecule has 1 N–H and O–H groups in total. The van der Waals surface area contributed by atoms with Crippen molar-refractivity contribution in [2.24, 2.45) is 5.92 Å². The highest BCUT2D eigenvalue weighted by Crippen LogP contribution is 2.39. The van der Waals surface area contributed by atoms with Crippen molar-refractivity contribution in [1.29, 1.82) is 0 Å². The Morgan fingerprint density at radius 2 is 2.18 bits per heavy atom. The van der Waals surface area contributed by atoms with Gasteiger partial charge in [-0.2, -0.15) is 0 Å². The minimum atomic E-state index is -0.751. The van der Waals surface area contributed by atoms with Crippen molar-refractivity contribution >= 4 is 11.7 Å². The Labute approximate surface area is 162 Å². The Morgan fingerprint density at radius 3 is 2.96 bits per heavy atom. The molecule has 1 aliphatic carbocycles. The lowest BCUT2D eigenvalue weighted by Crippen LogP contribution is -2.43. The molecule has 1 saturated carbocycles. The maximum absolute atomic E-state index is 11.7. The standard InChI is InChI=1S/C20H23N3O5/c24-20(25)17-11-13-4-1-2-7-16(13)22(17)9-8-19-21-12-18(28-19)14-5-3-6-15(10-14)23(26)27/h3,5-6,10,12-13,16-17H,1-2,4,7-9,11H2,(H,24,25). The summed E-state index contributed by atoms with van der Waals surface area (Å²) in [5.41, 5.74) is 0.602. The first-order chi connectivity index (χ1) is 13.5. The van der Waals surface area contributed by atoms with Crippen LogP contribution in [0.5, 0.6) is 0 Å². The van der Waals surface area contributed by atoms with Gasteiger partial charge < -0.3 is 9.52 Å². The number of benzene rings is 1. The van der Waals surface area contributed by atoms with Gasteiger partial charge in [-0.15, -0.1) is 0 Å². The molecule has 4 rings (SSSR count). The van der Waals surface area contributed by atoms with Crippen LogP contribution in [0, 0.1) is 16.0 Å². The fraction of sp³-hybridized carbons (Fsp3) is 0.500. The quantitative estimate of drug-likeness (QED) is 0.598. The summed E-state index contributed by atoms with van der Waals surface area (Å²) in [6.07, 6.45) is 7.32. The molecular weight excluding hydrogens is 362 g/mol. The number of rotatable bonds is 6. The summed E-state index contributed by atoms with van der Waals surface area (Å²) in [6.45, 7) is 0.590. The van der Waals surface area contributed by atoms with Gasteiger partial charge >= 0.3 is 5.97 Å². The number of nitro groups is 1. The molecule has 1 saturated heterocycles. The molecule has 1 aromatic carbocycles. The van der Waals surface area contributed by atoms with Crippen molar-refractivity contribution in [3.8, 4) is 11.3 Å². The van der Waals surface area contributed by atoms with Crippen LogP contribution in [-0.2, 0) is 11.2 Å². The molecule has 148 valence electrons. The van der Waals surface area contributed by atoms with Crippen LogP contribution in [0.2, 0.25) is 0 Å². The van der Waals surface area contributed by atoms with E-state index >= 15 is 0 Å². The van der Waals surface area contributed by atoms with E-state index in [1.54, 1.807) is 18.3 Å². The summed E-state index contributed by atoms with van der Waals surface area (Å²) in [6, 6.07) is 6.14. The number of hydrogen-bond donors (Lipinski definition) is 1. The molecule has 0 amide bonds. The molecule has 0 radical (unpaired) electrons. The van der Waals surface area contributed by atoms with E-state index in [1.807, 2.05) is 0 Å². The van der Waals surface area contributed by atoms with Crippen LogP contribution < -0.4 is 0 Å². The zero-order valence-electron chi connectivity index (χ0n) is 15.5. The lowest BCUT2D eigenvalue weighted by molar-refractivity contribution is -0.384. The van der Waals surface area contributed by atoms with E-state index in [0.29, 0.717) is 42.1 Å². The molecule has 2 fully saturated rings. The second-order valence-corrected chi connectivity index (χ2v) is 7.62. The Hall–Kier alpha value is -2.74. The topological polar surface area (TPSA) is 110 Å². The van der Waals surface area contributed by atoms with Gasteiger partial charge in [0.15, 0.2) is 11.7 Å². The molecule has 0 bridgehead atoms. The third-order valence-electron chi connectivity index (χ3n) is 5.99. The number of hydrogen-bond acceptors (Lipinski definition) is 6. The Kier molecular flexibility index (Phi) is 5.13. The average Bonchev–Trinajstić information content (AvgIpc) is 3.31. The van der Waals surface area contributed by atoms with Crippen LogP contribution in [0.3, 0.4) is 0 Å². The highest BCUT2D eigenvalue weighted by atomic mass is 16.6. The molecule has 28 heavy (non-hydrogen) atoms. The van der Waals surface area contributed by atoms with Gasteiger partial charge in [0, 0.05) is 36.7 Å². The van der Waals surface area contributed by atoms with Gasteiger partial charge in [0.25, 0.3) is 5.69 Å². The first-order valence-corrected chi connectivity index (χ1v) is 9.71. The zero-order chi connectivity index (χ0) is 19.7. The third kappa shape index (κ3) is 3.64. The van der Waals surface area contributed by atoms with E-state index in [1.165, 1.54) is 18.6 Å². The smallest absolute Gasteiger partial charge is 0.320 e. The van der Waals surface area contributed by atoms with Gasteiger partial charge in [0.2, 0.25) is 0 Å². The molecule has 1 aliphatic heterocycles. The van der Waals surface area contributed by atoms with Gasteiger partial charge in [0.05, 0.1) is 11.1 Å². The zero-order valence-corrected chi connectivity index (χ0v) is 15.5. The van der Waals surface area contributed by atoms with E-state index in [9.17, 15) is 20.0 Å².